The number of sulfonamides is 1. The monoisotopic (exact) mass is 358 g/mol. The zero-order valence-electron chi connectivity index (χ0n) is 14.2. The van der Waals surface area contributed by atoms with E-state index in [1.165, 1.54) is 22.0 Å². The lowest BCUT2D eigenvalue weighted by molar-refractivity contribution is 0.0953. The van der Waals surface area contributed by atoms with Crippen molar-refractivity contribution in [1.29, 1.82) is 0 Å². The predicted molar refractivity (Wildman–Crippen MR) is 96.8 cm³/mol. The van der Waals surface area contributed by atoms with E-state index in [2.05, 4.69) is 5.32 Å². The van der Waals surface area contributed by atoms with Crippen LogP contribution in [-0.4, -0.2) is 31.7 Å². The van der Waals surface area contributed by atoms with E-state index in [9.17, 15) is 13.2 Å². The van der Waals surface area contributed by atoms with E-state index in [-0.39, 0.29) is 10.8 Å². The molecule has 0 fully saturated rings. The van der Waals surface area contributed by atoms with Crippen LogP contribution in [0.4, 0.5) is 0 Å². The SMILES string of the molecule is CCCNC(=O)c1ccc(S(=O)(=O)N2CCc3ccccc3C2)cc1. The largest absolute Gasteiger partial charge is 0.352 e. The van der Waals surface area contributed by atoms with Crippen molar-refractivity contribution in [1.82, 2.24) is 9.62 Å². The predicted octanol–water partition coefficient (Wildman–Crippen LogP) is 2.57. The van der Waals surface area contributed by atoms with Crippen molar-refractivity contribution >= 4 is 15.9 Å². The van der Waals surface area contributed by atoms with Crippen molar-refractivity contribution in [2.75, 3.05) is 13.1 Å². The molecule has 0 aromatic heterocycles. The summed E-state index contributed by atoms with van der Waals surface area (Å²) in [5, 5.41) is 2.78. The second-order valence-electron chi connectivity index (χ2n) is 6.14. The van der Waals surface area contributed by atoms with Gasteiger partial charge >= 0.3 is 0 Å². The third-order valence-electron chi connectivity index (χ3n) is 4.39. The topological polar surface area (TPSA) is 66.5 Å². The van der Waals surface area contributed by atoms with Crippen LogP contribution in [0, 0.1) is 0 Å². The second-order valence-corrected chi connectivity index (χ2v) is 8.08. The summed E-state index contributed by atoms with van der Waals surface area (Å²) in [5.41, 5.74) is 2.72. The van der Waals surface area contributed by atoms with Gasteiger partial charge in [0.2, 0.25) is 10.0 Å². The Balaban J connectivity index is 1.78. The molecule has 0 spiro atoms. The van der Waals surface area contributed by atoms with Gasteiger partial charge < -0.3 is 5.32 Å². The van der Waals surface area contributed by atoms with Crippen LogP contribution >= 0.6 is 0 Å². The summed E-state index contributed by atoms with van der Waals surface area (Å²) in [6, 6.07) is 14.1. The first-order valence-corrected chi connectivity index (χ1v) is 9.91. The van der Waals surface area contributed by atoms with Gasteiger partial charge in [0, 0.05) is 25.2 Å². The standard InChI is InChI=1S/C19H22N2O3S/c1-2-12-20-19(22)16-7-9-18(10-8-16)25(23,24)21-13-11-15-5-3-4-6-17(15)14-21/h3-10H,2,11-14H2,1H3,(H,20,22). The molecular formula is C19H22N2O3S. The molecule has 1 aliphatic rings. The molecule has 0 aliphatic carbocycles. The summed E-state index contributed by atoms with van der Waals surface area (Å²) in [6.45, 7) is 3.44. The van der Waals surface area contributed by atoms with E-state index in [1.54, 1.807) is 12.1 Å². The van der Waals surface area contributed by atoms with Crippen molar-refractivity contribution in [2.45, 2.75) is 31.2 Å². The molecule has 2 aromatic carbocycles. The number of nitrogens with zero attached hydrogens (tertiary/aromatic N) is 1. The summed E-state index contributed by atoms with van der Waals surface area (Å²) in [7, 11) is -3.56. The van der Waals surface area contributed by atoms with Crippen molar-refractivity contribution in [3.8, 4) is 0 Å². The van der Waals surface area contributed by atoms with Crippen molar-refractivity contribution in [3.05, 3.63) is 65.2 Å². The molecule has 0 radical (unpaired) electrons. The van der Waals surface area contributed by atoms with Gasteiger partial charge in [-0.1, -0.05) is 31.2 Å². The Bertz CT molecular complexity index is 860. The van der Waals surface area contributed by atoms with Gasteiger partial charge in [-0.2, -0.15) is 4.31 Å². The molecule has 3 rings (SSSR count). The maximum atomic E-state index is 12.9. The Morgan fingerprint density at radius 2 is 1.76 bits per heavy atom. The number of rotatable bonds is 5. The van der Waals surface area contributed by atoms with Crippen LogP contribution in [0.3, 0.4) is 0 Å². The zero-order valence-corrected chi connectivity index (χ0v) is 15.1. The molecule has 5 nitrogen and oxygen atoms in total. The highest BCUT2D eigenvalue weighted by atomic mass is 32.2. The average molecular weight is 358 g/mol. The lowest BCUT2D eigenvalue weighted by atomic mass is 10.0. The summed E-state index contributed by atoms with van der Waals surface area (Å²) < 4.78 is 27.3. The molecular weight excluding hydrogens is 336 g/mol. The van der Waals surface area contributed by atoms with Gasteiger partial charge in [-0.05, 0) is 48.2 Å². The van der Waals surface area contributed by atoms with Gasteiger partial charge in [-0.3, -0.25) is 4.79 Å². The van der Waals surface area contributed by atoms with Crippen LogP contribution in [0.1, 0.15) is 34.8 Å². The van der Waals surface area contributed by atoms with Gasteiger partial charge in [-0.25, -0.2) is 8.42 Å². The molecule has 0 saturated carbocycles. The molecule has 1 N–H and O–H groups in total. The molecule has 1 amide bonds. The zero-order chi connectivity index (χ0) is 17.9. The lowest BCUT2D eigenvalue weighted by Gasteiger charge is -2.28. The van der Waals surface area contributed by atoms with Crippen molar-refractivity contribution < 1.29 is 13.2 Å². The van der Waals surface area contributed by atoms with Crippen LogP contribution in [0.15, 0.2) is 53.4 Å². The number of fused-ring (bicyclic) bond motifs is 1. The smallest absolute Gasteiger partial charge is 0.251 e. The Hall–Kier alpha value is -2.18. The van der Waals surface area contributed by atoms with Crippen LogP contribution < -0.4 is 5.32 Å². The van der Waals surface area contributed by atoms with Gasteiger partial charge in [0.25, 0.3) is 5.91 Å². The highest BCUT2D eigenvalue weighted by Crippen LogP contribution is 2.25. The highest BCUT2D eigenvalue weighted by Gasteiger charge is 2.28. The summed E-state index contributed by atoms with van der Waals surface area (Å²) in [4.78, 5) is 12.2. The van der Waals surface area contributed by atoms with Crippen LogP contribution in [-0.2, 0) is 23.0 Å². The molecule has 0 unspecified atom stereocenters. The average Bonchev–Trinajstić information content (AvgIpc) is 2.65. The number of nitrogens with one attached hydrogen (secondary N) is 1. The van der Waals surface area contributed by atoms with E-state index >= 15 is 0 Å². The Labute approximate surface area is 148 Å². The molecule has 6 heteroatoms. The van der Waals surface area contributed by atoms with E-state index in [1.807, 2.05) is 31.2 Å². The third-order valence-corrected chi connectivity index (χ3v) is 6.24. The fourth-order valence-electron chi connectivity index (χ4n) is 2.94. The fraction of sp³-hybridized carbons (Fsp3) is 0.316. The van der Waals surface area contributed by atoms with Crippen LogP contribution in [0.25, 0.3) is 0 Å². The van der Waals surface area contributed by atoms with Crippen LogP contribution in [0.2, 0.25) is 0 Å². The molecule has 25 heavy (non-hydrogen) atoms. The van der Waals surface area contributed by atoms with Crippen LogP contribution in [0.5, 0.6) is 0 Å². The quantitative estimate of drug-likeness (QED) is 0.893. The lowest BCUT2D eigenvalue weighted by Crippen LogP contribution is -2.36. The summed E-state index contributed by atoms with van der Waals surface area (Å²) in [6.07, 6.45) is 1.57. The number of hydrogen-bond donors (Lipinski definition) is 1. The fourth-order valence-corrected chi connectivity index (χ4v) is 4.36. The molecule has 0 atom stereocenters. The van der Waals surface area contributed by atoms with Gasteiger partial charge in [0.15, 0.2) is 0 Å². The molecule has 1 aliphatic heterocycles. The van der Waals surface area contributed by atoms with Gasteiger partial charge in [0.05, 0.1) is 4.90 Å². The number of benzene rings is 2. The van der Waals surface area contributed by atoms with Crippen molar-refractivity contribution in [3.63, 3.8) is 0 Å². The Morgan fingerprint density at radius 3 is 2.44 bits per heavy atom. The number of hydrogen-bond acceptors (Lipinski definition) is 3. The van der Waals surface area contributed by atoms with Crippen molar-refractivity contribution in [2.24, 2.45) is 0 Å². The minimum absolute atomic E-state index is 0.183. The number of carbonyl (C=O) groups is 1. The molecule has 1 heterocycles. The first-order chi connectivity index (χ1) is 12.0. The first kappa shape index (κ1) is 17.6. The van der Waals surface area contributed by atoms with Gasteiger partial charge in [0.1, 0.15) is 0 Å². The van der Waals surface area contributed by atoms with E-state index < -0.39 is 10.0 Å². The van der Waals surface area contributed by atoms with E-state index in [0.717, 1.165) is 12.0 Å². The first-order valence-electron chi connectivity index (χ1n) is 8.47. The summed E-state index contributed by atoms with van der Waals surface area (Å²) >= 11 is 0. The normalized spacial score (nSPS) is 14.8. The maximum absolute atomic E-state index is 12.9. The summed E-state index contributed by atoms with van der Waals surface area (Å²) in [5.74, 6) is -0.183. The second kappa shape index (κ2) is 7.37. The highest BCUT2D eigenvalue weighted by molar-refractivity contribution is 7.89. The van der Waals surface area contributed by atoms with Gasteiger partial charge in [-0.15, -0.1) is 0 Å². The third kappa shape index (κ3) is 3.75. The molecule has 0 saturated heterocycles. The van der Waals surface area contributed by atoms with E-state index in [4.69, 9.17) is 0 Å². The maximum Gasteiger partial charge on any atom is 0.251 e. The van der Waals surface area contributed by atoms with E-state index in [0.29, 0.717) is 31.6 Å². The minimum Gasteiger partial charge on any atom is -0.352 e. The molecule has 132 valence electrons. The Kier molecular flexibility index (Phi) is 5.20. The molecule has 0 bridgehead atoms. The number of carbonyl (C=O) groups excluding carboxylic acids is 1. The molecule has 2 aromatic rings. The Morgan fingerprint density at radius 1 is 1.08 bits per heavy atom. The number of amides is 1. The minimum atomic E-state index is -3.56.